The van der Waals surface area contributed by atoms with Crippen LogP contribution in [-0.2, 0) is 0 Å². The highest BCUT2D eigenvalue weighted by Crippen LogP contribution is 2.30. The molecule has 0 fully saturated rings. The largest absolute Gasteiger partial charge is 0.496 e. The quantitative estimate of drug-likeness (QED) is 0.907. The molecule has 1 aromatic heterocycles. The number of aryl methyl sites for hydroxylation is 1. The minimum atomic E-state index is -0.238. The summed E-state index contributed by atoms with van der Waals surface area (Å²) < 4.78 is 10.7. The minimum Gasteiger partial charge on any atom is -0.496 e. The average Bonchev–Trinajstić information content (AvgIpc) is 2.94. The van der Waals surface area contributed by atoms with Crippen LogP contribution in [0.3, 0.4) is 0 Å². The Morgan fingerprint density at radius 3 is 2.80 bits per heavy atom. The van der Waals surface area contributed by atoms with Gasteiger partial charge in [-0.3, -0.25) is 0 Å². The van der Waals surface area contributed by atoms with Crippen molar-refractivity contribution in [3.05, 3.63) is 29.7 Å². The molecule has 0 radical (unpaired) electrons. The summed E-state index contributed by atoms with van der Waals surface area (Å²) >= 11 is 0. The van der Waals surface area contributed by atoms with Gasteiger partial charge in [0.05, 0.1) is 18.7 Å². The summed E-state index contributed by atoms with van der Waals surface area (Å²) in [5.74, 6) is 2.00. The summed E-state index contributed by atoms with van der Waals surface area (Å²) in [5, 5.41) is 4.02. The Morgan fingerprint density at radius 2 is 2.15 bits per heavy atom. The maximum absolute atomic E-state index is 6.11. The van der Waals surface area contributed by atoms with Crippen molar-refractivity contribution >= 4 is 0 Å². The molecule has 0 aliphatic carbocycles. The fourth-order valence-corrected chi connectivity index (χ4v) is 1.96. The molecule has 0 aliphatic rings. The van der Waals surface area contributed by atoms with Gasteiger partial charge in [0.2, 0.25) is 11.7 Å². The van der Waals surface area contributed by atoms with Crippen molar-refractivity contribution in [2.45, 2.75) is 33.2 Å². The first-order chi connectivity index (χ1) is 9.56. The molecule has 0 amide bonds. The zero-order valence-corrected chi connectivity index (χ0v) is 12.4. The van der Waals surface area contributed by atoms with Gasteiger partial charge in [0.1, 0.15) is 5.75 Å². The van der Waals surface area contributed by atoms with Crippen molar-refractivity contribution in [1.29, 1.82) is 0 Å². The molecular formula is C15H21N3O2. The van der Waals surface area contributed by atoms with Crippen LogP contribution in [0.4, 0.5) is 0 Å². The molecule has 5 nitrogen and oxygen atoms in total. The number of methoxy groups -OCH3 is 1. The smallest absolute Gasteiger partial charge is 0.244 e. The van der Waals surface area contributed by atoms with Gasteiger partial charge in [0.25, 0.3) is 0 Å². The second kappa shape index (κ2) is 6.05. The molecule has 2 rings (SSSR count). The van der Waals surface area contributed by atoms with Crippen molar-refractivity contribution in [2.24, 2.45) is 11.7 Å². The van der Waals surface area contributed by atoms with E-state index >= 15 is 0 Å². The fraction of sp³-hybridized carbons (Fsp3) is 0.467. The summed E-state index contributed by atoms with van der Waals surface area (Å²) in [4.78, 5) is 4.40. The molecule has 0 saturated carbocycles. The summed E-state index contributed by atoms with van der Waals surface area (Å²) in [6.07, 6.45) is 0.965. The molecule has 20 heavy (non-hydrogen) atoms. The van der Waals surface area contributed by atoms with E-state index in [0.29, 0.717) is 17.6 Å². The highest BCUT2D eigenvalue weighted by Gasteiger charge is 2.21. The number of rotatable bonds is 5. The Hall–Kier alpha value is -1.88. The van der Waals surface area contributed by atoms with Crippen LogP contribution in [-0.4, -0.2) is 17.3 Å². The monoisotopic (exact) mass is 275 g/mol. The molecular weight excluding hydrogens is 254 g/mol. The summed E-state index contributed by atoms with van der Waals surface area (Å²) in [5.41, 5.74) is 8.03. The van der Waals surface area contributed by atoms with E-state index in [4.69, 9.17) is 15.0 Å². The van der Waals surface area contributed by atoms with E-state index in [2.05, 4.69) is 24.0 Å². The normalized spacial score (nSPS) is 14.1. The van der Waals surface area contributed by atoms with Crippen molar-refractivity contribution in [2.75, 3.05) is 7.11 Å². The van der Waals surface area contributed by atoms with Crippen LogP contribution < -0.4 is 10.5 Å². The average molecular weight is 275 g/mol. The molecule has 2 N–H and O–H groups in total. The van der Waals surface area contributed by atoms with Crippen LogP contribution in [0.15, 0.2) is 22.7 Å². The number of benzene rings is 1. The second-order valence-electron chi connectivity index (χ2n) is 5.07. The van der Waals surface area contributed by atoms with Crippen LogP contribution in [0, 0.1) is 12.8 Å². The van der Waals surface area contributed by atoms with E-state index in [9.17, 15) is 0 Å². The lowest BCUT2D eigenvalue weighted by molar-refractivity contribution is 0.312. The Morgan fingerprint density at radius 1 is 1.40 bits per heavy atom. The second-order valence-corrected chi connectivity index (χ2v) is 5.07. The van der Waals surface area contributed by atoms with Gasteiger partial charge < -0.3 is 15.0 Å². The molecule has 5 heteroatoms. The molecule has 0 unspecified atom stereocenters. The number of hydrogen-bond acceptors (Lipinski definition) is 5. The number of hydrogen-bond donors (Lipinski definition) is 1. The Labute approximate surface area is 119 Å². The van der Waals surface area contributed by atoms with Gasteiger partial charge in [-0.15, -0.1) is 0 Å². The van der Waals surface area contributed by atoms with Crippen LogP contribution in [0.2, 0.25) is 0 Å². The van der Waals surface area contributed by atoms with E-state index in [1.807, 2.05) is 25.1 Å². The number of nitrogens with two attached hydrogens (primary N) is 1. The van der Waals surface area contributed by atoms with Crippen LogP contribution in [0.5, 0.6) is 5.75 Å². The van der Waals surface area contributed by atoms with Crippen molar-refractivity contribution < 1.29 is 9.26 Å². The summed E-state index contributed by atoms with van der Waals surface area (Å²) in [6, 6.07) is 5.62. The zero-order valence-electron chi connectivity index (χ0n) is 12.4. The Bertz CT molecular complexity index is 580. The molecule has 0 aliphatic heterocycles. The van der Waals surface area contributed by atoms with E-state index in [1.165, 1.54) is 0 Å². The summed E-state index contributed by atoms with van der Waals surface area (Å²) in [6.45, 7) is 6.17. The molecule has 2 aromatic rings. The standard InChI is InChI=1S/C15H21N3O2/c1-5-10(3)13(16)15-17-14(18-20-15)11-7-6-9(2)8-12(11)19-4/h6-8,10,13H,5,16H2,1-4H3/t10-,13-/m0/s1. The highest BCUT2D eigenvalue weighted by molar-refractivity contribution is 5.64. The SMILES string of the molecule is CC[C@H](C)[C@H](N)c1nc(-c2ccc(C)cc2OC)no1. The summed E-state index contributed by atoms with van der Waals surface area (Å²) in [7, 11) is 1.63. The molecule has 1 aromatic carbocycles. The van der Waals surface area contributed by atoms with Crippen molar-refractivity contribution in [3.8, 4) is 17.1 Å². The first-order valence-corrected chi connectivity index (χ1v) is 6.81. The van der Waals surface area contributed by atoms with Gasteiger partial charge >= 0.3 is 0 Å². The third-order valence-electron chi connectivity index (χ3n) is 3.58. The lowest BCUT2D eigenvalue weighted by Crippen LogP contribution is -2.18. The first kappa shape index (κ1) is 14.5. The van der Waals surface area contributed by atoms with E-state index in [-0.39, 0.29) is 6.04 Å². The van der Waals surface area contributed by atoms with Gasteiger partial charge in [-0.1, -0.05) is 31.5 Å². The maximum atomic E-state index is 6.11. The van der Waals surface area contributed by atoms with E-state index in [1.54, 1.807) is 7.11 Å². The van der Waals surface area contributed by atoms with Gasteiger partial charge in [-0.25, -0.2) is 0 Å². The zero-order chi connectivity index (χ0) is 14.7. The predicted octanol–water partition coefficient (Wildman–Crippen LogP) is 3.10. The minimum absolute atomic E-state index is 0.238. The Kier molecular flexibility index (Phi) is 4.39. The Balaban J connectivity index is 2.33. The molecule has 108 valence electrons. The fourth-order valence-electron chi connectivity index (χ4n) is 1.96. The molecule has 1 heterocycles. The maximum Gasteiger partial charge on any atom is 0.244 e. The third kappa shape index (κ3) is 2.82. The molecule has 0 bridgehead atoms. The molecule has 2 atom stereocenters. The topological polar surface area (TPSA) is 74.2 Å². The third-order valence-corrected chi connectivity index (χ3v) is 3.58. The highest BCUT2D eigenvalue weighted by atomic mass is 16.5. The van der Waals surface area contributed by atoms with E-state index in [0.717, 1.165) is 23.3 Å². The molecule has 0 saturated heterocycles. The van der Waals surface area contributed by atoms with Crippen LogP contribution >= 0.6 is 0 Å². The van der Waals surface area contributed by atoms with Gasteiger partial charge in [0.15, 0.2) is 0 Å². The molecule has 0 spiro atoms. The van der Waals surface area contributed by atoms with Crippen LogP contribution in [0.25, 0.3) is 11.4 Å². The lowest BCUT2D eigenvalue weighted by atomic mass is 10.0. The van der Waals surface area contributed by atoms with Crippen LogP contribution in [0.1, 0.15) is 37.8 Å². The van der Waals surface area contributed by atoms with E-state index < -0.39 is 0 Å². The lowest BCUT2D eigenvalue weighted by Gasteiger charge is -2.13. The van der Waals surface area contributed by atoms with Gasteiger partial charge in [-0.05, 0) is 30.5 Å². The first-order valence-electron chi connectivity index (χ1n) is 6.81. The van der Waals surface area contributed by atoms with Crippen molar-refractivity contribution in [3.63, 3.8) is 0 Å². The van der Waals surface area contributed by atoms with Gasteiger partial charge in [0, 0.05) is 0 Å². The van der Waals surface area contributed by atoms with Crippen molar-refractivity contribution in [1.82, 2.24) is 10.1 Å². The predicted molar refractivity (Wildman–Crippen MR) is 77.4 cm³/mol. The van der Waals surface area contributed by atoms with Gasteiger partial charge in [-0.2, -0.15) is 4.98 Å². The number of aromatic nitrogens is 2. The number of ether oxygens (including phenoxy) is 1. The number of nitrogens with zero attached hydrogens (tertiary/aromatic N) is 2.